The molecule has 2 aromatic heterocycles. The highest BCUT2D eigenvalue weighted by Gasteiger charge is 2.10. The van der Waals surface area contributed by atoms with E-state index in [1.807, 2.05) is 47.8 Å². The molecule has 0 saturated heterocycles. The summed E-state index contributed by atoms with van der Waals surface area (Å²) >= 11 is 1.54. The standard InChI is InChI=1S/C17H14N2O3S/c20-17(19-18-11-15-7-4-10-23-15)16-9-8-14(22-16)12-21-13-5-2-1-3-6-13/h1-11H,12H2,(H,19,20)/b18-11-. The molecule has 0 fully saturated rings. The van der Waals surface area contributed by atoms with Gasteiger partial charge >= 0.3 is 5.91 Å². The minimum atomic E-state index is -0.399. The number of thiophene rings is 1. The number of carbonyl (C=O) groups excluding carboxylic acids is 1. The molecule has 1 amide bonds. The van der Waals surface area contributed by atoms with Gasteiger partial charge in [-0.3, -0.25) is 4.79 Å². The Bertz CT molecular complexity index is 779. The predicted molar refractivity (Wildman–Crippen MR) is 88.9 cm³/mol. The number of nitrogens with one attached hydrogen (secondary N) is 1. The van der Waals surface area contributed by atoms with Crippen molar-refractivity contribution < 1.29 is 13.9 Å². The summed E-state index contributed by atoms with van der Waals surface area (Å²) in [6, 6.07) is 16.5. The van der Waals surface area contributed by atoms with E-state index in [9.17, 15) is 4.79 Å². The molecule has 0 bridgehead atoms. The summed E-state index contributed by atoms with van der Waals surface area (Å²) in [6.07, 6.45) is 1.59. The number of ether oxygens (including phenoxy) is 1. The molecule has 0 aliphatic heterocycles. The highest BCUT2D eigenvalue weighted by Crippen LogP contribution is 2.14. The molecular formula is C17H14N2O3S. The van der Waals surface area contributed by atoms with Crippen molar-refractivity contribution >= 4 is 23.5 Å². The van der Waals surface area contributed by atoms with Crippen LogP contribution in [0.4, 0.5) is 0 Å². The molecule has 2 heterocycles. The molecule has 0 saturated carbocycles. The van der Waals surface area contributed by atoms with Gasteiger partial charge in [0.15, 0.2) is 5.76 Å². The van der Waals surface area contributed by atoms with Gasteiger partial charge in [-0.15, -0.1) is 11.3 Å². The normalized spacial score (nSPS) is 10.8. The Morgan fingerprint density at radius 2 is 2.04 bits per heavy atom. The Morgan fingerprint density at radius 3 is 2.83 bits per heavy atom. The Morgan fingerprint density at radius 1 is 1.17 bits per heavy atom. The van der Waals surface area contributed by atoms with Crippen molar-refractivity contribution in [2.45, 2.75) is 6.61 Å². The second-order valence-electron chi connectivity index (χ2n) is 4.58. The third-order valence-electron chi connectivity index (χ3n) is 2.91. The molecule has 6 heteroatoms. The van der Waals surface area contributed by atoms with Crippen LogP contribution in [0.5, 0.6) is 5.75 Å². The second kappa shape index (κ2) is 7.42. The zero-order valence-electron chi connectivity index (χ0n) is 12.1. The van der Waals surface area contributed by atoms with E-state index >= 15 is 0 Å². The fourth-order valence-corrected chi connectivity index (χ4v) is 2.41. The maximum absolute atomic E-state index is 11.9. The summed E-state index contributed by atoms with van der Waals surface area (Å²) in [6.45, 7) is 0.260. The highest BCUT2D eigenvalue weighted by atomic mass is 32.1. The molecule has 5 nitrogen and oxygen atoms in total. The first-order chi connectivity index (χ1) is 11.3. The molecule has 0 spiro atoms. The Balaban J connectivity index is 1.53. The summed E-state index contributed by atoms with van der Waals surface area (Å²) in [7, 11) is 0. The van der Waals surface area contributed by atoms with Crippen molar-refractivity contribution in [1.82, 2.24) is 5.43 Å². The van der Waals surface area contributed by atoms with Crippen LogP contribution in [0.25, 0.3) is 0 Å². The molecule has 1 aromatic carbocycles. The molecule has 3 rings (SSSR count). The van der Waals surface area contributed by atoms with Gasteiger partial charge in [-0.25, -0.2) is 5.43 Å². The van der Waals surface area contributed by atoms with Crippen LogP contribution in [-0.2, 0) is 6.61 Å². The summed E-state index contributed by atoms with van der Waals surface area (Å²) in [5, 5.41) is 5.83. The zero-order valence-corrected chi connectivity index (χ0v) is 13.0. The number of furan rings is 1. The van der Waals surface area contributed by atoms with Gasteiger partial charge in [0, 0.05) is 4.88 Å². The summed E-state index contributed by atoms with van der Waals surface area (Å²) in [5.41, 5.74) is 2.43. The van der Waals surface area contributed by atoms with E-state index in [4.69, 9.17) is 9.15 Å². The molecule has 0 aliphatic rings. The Labute approximate surface area is 137 Å². The summed E-state index contributed by atoms with van der Waals surface area (Å²) < 4.78 is 11.0. The summed E-state index contributed by atoms with van der Waals surface area (Å²) in [4.78, 5) is 12.9. The van der Waals surface area contributed by atoms with E-state index in [0.29, 0.717) is 5.76 Å². The third-order valence-corrected chi connectivity index (χ3v) is 3.72. The number of hydrogen-bond donors (Lipinski definition) is 1. The van der Waals surface area contributed by atoms with Crippen LogP contribution >= 0.6 is 11.3 Å². The van der Waals surface area contributed by atoms with Crippen LogP contribution in [-0.4, -0.2) is 12.1 Å². The quantitative estimate of drug-likeness (QED) is 0.555. The van der Waals surface area contributed by atoms with Gasteiger partial charge in [-0.05, 0) is 35.7 Å². The van der Waals surface area contributed by atoms with Gasteiger partial charge in [0.1, 0.15) is 18.1 Å². The van der Waals surface area contributed by atoms with Crippen LogP contribution in [0.1, 0.15) is 21.2 Å². The molecule has 0 unspecified atom stereocenters. The molecule has 0 aliphatic carbocycles. The minimum absolute atomic E-state index is 0.194. The third kappa shape index (κ3) is 4.31. The number of hydrogen-bond acceptors (Lipinski definition) is 5. The average Bonchev–Trinajstić information content (AvgIpc) is 3.25. The van der Waals surface area contributed by atoms with Gasteiger partial charge in [0.05, 0.1) is 6.21 Å². The van der Waals surface area contributed by atoms with Crippen LogP contribution in [0.3, 0.4) is 0 Å². The lowest BCUT2D eigenvalue weighted by Crippen LogP contribution is -2.16. The van der Waals surface area contributed by atoms with Crippen molar-refractivity contribution in [3.63, 3.8) is 0 Å². The van der Waals surface area contributed by atoms with Gasteiger partial charge in [0.2, 0.25) is 0 Å². The van der Waals surface area contributed by atoms with E-state index < -0.39 is 5.91 Å². The van der Waals surface area contributed by atoms with Crippen molar-refractivity contribution in [2.24, 2.45) is 5.10 Å². The number of nitrogens with zero attached hydrogens (tertiary/aromatic N) is 1. The van der Waals surface area contributed by atoms with Crippen molar-refractivity contribution in [3.05, 3.63) is 76.4 Å². The first-order valence-electron chi connectivity index (χ1n) is 6.95. The fourth-order valence-electron chi connectivity index (χ4n) is 1.82. The van der Waals surface area contributed by atoms with E-state index in [1.165, 1.54) is 11.3 Å². The second-order valence-corrected chi connectivity index (χ2v) is 5.56. The Hall–Kier alpha value is -2.86. The molecule has 1 N–H and O–H groups in total. The minimum Gasteiger partial charge on any atom is -0.486 e. The zero-order chi connectivity index (χ0) is 15.9. The number of amides is 1. The van der Waals surface area contributed by atoms with Crippen LogP contribution in [0.2, 0.25) is 0 Å². The lowest BCUT2D eigenvalue weighted by molar-refractivity contribution is 0.0923. The lowest BCUT2D eigenvalue weighted by atomic mass is 10.3. The van der Waals surface area contributed by atoms with Crippen LogP contribution in [0, 0.1) is 0 Å². The monoisotopic (exact) mass is 326 g/mol. The number of benzene rings is 1. The highest BCUT2D eigenvalue weighted by molar-refractivity contribution is 7.11. The van der Waals surface area contributed by atoms with E-state index in [1.54, 1.807) is 18.3 Å². The molecule has 0 atom stereocenters. The number of carbonyl (C=O) groups is 1. The van der Waals surface area contributed by atoms with Crippen LogP contribution in [0.15, 0.2) is 69.5 Å². The van der Waals surface area contributed by atoms with E-state index in [2.05, 4.69) is 10.5 Å². The molecule has 23 heavy (non-hydrogen) atoms. The SMILES string of the molecule is O=C(N/N=C\c1cccs1)c1ccc(COc2ccccc2)o1. The molecule has 3 aromatic rings. The predicted octanol–water partition coefficient (Wildman–Crippen LogP) is 3.68. The maximum atomic E-state index is 11.9. The average molecular weight is 326 g/mol. The molecule has 0 radical (unpaired) electrons. The van der Waals surface area contributed by atoms with Crippen molar-refractivity contribution in [1.29, 1.82) is 0 Å². The number of para-hydroxylation sites is 1. The van der Waals surface area contributed by atoms with E-state index in [0.717, 1.165) is 10.6 Å². The number of rotatable bonds is 6. The molecule has 116 valence electrons. The van der Waals surface area contributed by atoms with Gasteiger partial charge < -0.3 is 9.15 Å². The number of hydrazone groups is 1. The first kappa shape index (κ1) is 15.1. The lowest BCUT2D eigenvalue weighted by Gasteiger charge is -2.03. The van der Waals surface area contributed by atoms with Gasteiger partial charge in [0.25, 0.3) is 0 Å². The van der Waals surface area contributed by atoms with E-state index in [-0.39, 0.29) is 12.4 Å². The topological polar surface area (TPSA) is 63.8 Å². The van der Waals surface area contributed by atoms with Crippen LogP contribution < -0.4 is 10.2 Å². The Kier molecular flexibility index (Phi) is 4.85. The maximum Gasteiger partial charge on any atom is 0.307 e. The van der Waals surface area contributed by atoms with Gasteiger partial charge in [-0.1, -0.05) is 24.3 Å². The largest absolute Gasteiger partial charge is 0.486 e. The summed E-state index contributed by atoms with van der Waals surface area (Å²) in [5.74, 6) is 1.11. The van der Waals surface area contributed by atoms with Crippen molar-refractivity contribution in [2.75, 3.05) is 0 Å². The van der Waals surface area contributed by atoms with Crippen molar-refractivity contribution in [3.8, 4) is 5.75 Å². The van der Waals surface area contributed by atoms with Gasteiger partial charge in [-0.2, -0.15) is 5.10 Å². The first-order valence-corrected chi connectivity index (χ1v) is 7.83. The smallest absolute Gasteiger partial charge is 0.307 e. The molecular weight excluding hydrogens is 312 g/mol. The fraction of sp³-hybridized carbons (Fsp3) is 0.0588.